The zero-order valence-electron chi connectivity index (χ0n) is 18.8. The fraction of sp³-hybridized carbons (Fsp3) is 0.333. The van der Waals surface area contributed by atoms with E-state index in [0.29, 0.717) is 29.4 Å². The van der Waals surface area contributed by atoms with E-state index in [0.717, 1.165) is 36.3 Å². The molecular formula is C24H28N6O3. The summed E-state index contributed by atoms with van der Waals surface area (Å²) in [5, 5.41) is 23.9. The first-order valence-corrected chi connectivity index (χ1v) is 10.9. The number of carbonyl (C=O) groups is 1. The summed E-state index contributed by atoms with van der Waals surface area (Å²) in [5.41, 5.74) is 4.07. The summed E-state index contributed by atoms with van der Waals surface area (Å²) in [4.78, 5) is 23.7. The number of hydrogen-bond acceptors (Lipinski definition) is 8. The highest BCUT2D eigenvalue weighted by atomic mass is 16.3. The van der Waals surface area contributed by atoms with Gasteiger partial charge in [0.15, 0.2) is 5.69 Å². The van der Waals surface area contributed by atoms with Gasteiger partial charge < -0.3 is 30.5 Å². The van der Waals surface area contributed by atoms with Crippen molar-refractivity contribution in [2.75, 3.05) is 26.7 Å². The van der Waals surface area contributed by atoms with Gasteiger partial charge in [0.25, 0.3) is 5.91 Å². The molecule has 0 spiro atoms. The molecule has 1 aliphatic carbocycles. The van der Waals surface area contributed by atoms with Crippen molar-refractivity contribution in [1.82, 2.24) is 25.5 Å². The number of aliphatic hydroxyl groups excluding tert-OH is 1. The summed E-state index contributed by atoms with van der Waals surface area (Å²) < 4.78 is 5.54. The molecule has 0 radical (unpaired) electrons. The highest BCUT2D eigenvalue weighted by Gasteiger charge is 2.27. The minimum atomic E-state index is -0.402. The van der Waals surface area contributed by atoms with Gasteiger partial charge in [-0.25, -0.2) is 4.98 Å². The molecule has 1 unspecified atom stereocenters. The molecule has 172 valence electrons. The van der Waals surface area contributed by atoms with Crippen LogP contribution < -0.4 is 10.6 Å². The third-order valence-electron chi connectivity index (χ3n) is 5.71. The second-order valence-corrected chi connectivity index (χ2v) is 8.20. The molecule has 1 saturated heterocycles. The van der Waals surface area contributed by atoms with Crippen molar-refractivity contribution in [3.8, 4) is 11.5 Å². The van der Waals surface area contributed by atoms with Crippen LogP contribution >= 0.6 is 0 Å². The van der Waals surface area contributed by atoms with Crippen LogP contribution in [0.4, 0.5) is 0 Å². The van der Waals surface area contributed by atoms with E-state index in [1.54, 1.807) is 37.7 Å². The summed E-state index contributed by atoms with van der Waals surface area (Å²) in [6.45, 7) is 3.46. The zero-order chi connectivity index (χ0) is 23.4. The Kier molecular flexibility index (Phi) is 6.69. The normalized spacial score (nSPS) is 19.8. The van der Waals surface area contributed by atoms with Gasteiger partial charge in [0.2, 0.25) is 5.89 Å². The van der Waals surface area contributed by atoms with Gasteiger partial charge in [-0.1, -0.05) is 0 Å². The highest BCUT2D eigenvalue weighted by Crippen LogP contribution is 2.27. The molecule has 33 heavy (non-hydrogen) atoms. The first-order chi connectivity index (χ1) is 16.0. The monoisotopic (exact) mass is 448 g/mol. The van der Waals surface area contributed by atoms with E-state index in [2.05, 4.69) is 25.5 Å². The Morgan fingerprint density at radius 3 is 3.03 bits per heavy atom. The van der Waals surface area contributed by atoms with Crippen LogP contribution in [0.25, 0.3) is 11.5 Å². The van der Waals surface area contributed by atoms with Gasteiger partial charge in [0.1, 0.15) is 6.26 Å². The number of rotatable bonds is 6. The SMILES string of the molecule is CN/C=C1/C=C(NC(=O)c2coc(-c3ccnc(C)c3)n2)C(N2CCCC(CO)C2)=CC1=N. The molecule has 3 heterocycles. The molecule has 1 fully saturated rings. The van der Waals surface area contributed by atoms with Crippen molar-refractivity contribution in [3.63, 3.8) is 0 Å². The average Bonchev–Trinajstić information content (AvgIpc) is 3.32. The lowest BCUT2D eigenvalue weighted by molar-refractivity contribution is 0.0957. The Bertz CT molecular complexity index is 1150. The zero-order valence-corrected chi connectivity index (χ0v) is 18.8. The predicted molar refractivity (Wildman–Crippen MR) is 124 cm³/mol. The summed E-state index contributed by atoms with van der Waals surface area (Å²) in [6, 6.07) is 3.62. The van der Waals surface area contributed by atoms with Crippen molar-refractivity contribution < 1.29 is 14.3 Å². The maximum Gasteiger partial charge on any atom is 0.277 e. The van der Waals surface area contributed by atoms with E-state index >= 15 is 0 Å². The molecule has 4 N–H and O–H groups in total. The van der Waals surface area contributed by atoms with Crippen molar-refractivity contribution in [1.29, 1.82) is 5.41 Å². The third-order valence-corrected chi connectivity index (χ3v) is 5.71. The maximum absolute atomic E-state index is 13.1. The van der Waals surface area contributed by atoms with Crippen LogP contribution in [0, 0.1) is 18.3 Å². The van der Waals surface area contributed by atoms with Gasteiger partial charge in [-0.2, -0.15) is 0 Å². The number of aryl methyl sites for hydroxylation is 1. The molecule has 1 atom stereocenters. The van der Waals surface area contributed by atoms with E-state index in [9.17, 15) is 9.90 Å². The molecule has 4 rings (SSSR count). The minimum absolute atomic E-state index is 0.119. The number of hydrogen-bond donors (Lipinski definition) is 4. The molecule has 1 amide bonds. The third kappa shape index (κ3) is 5.04. The number of nitrogens with one attached hydrogen (secondary N) is 3. The second kappa shape index (κ2) is 9.83. The van der Waals surface area contributed by atoms with Crippen molar-refractivity contribution in [2.45, 2.75) is 19.8 Å². The average molecular weight is 449 g/mol. The summed E-state index contributed by atoms with van der Waals surface area (Å²) >= 11 is 0. The summed E-state index contributed by atoms with van der Waals surface area (Å²) in [6.07, 6.45) is 10.2. The Morgan fingerprint density at radius 2 is 2.27 bits per heavy atom. The van der Waals surface area contributed by atoms with Crippen LogP contribution in [0.2, 0.25) is 0 Å². The molecule has 2 aromatic heterocycles. The Balaban J connectivity index is 1.59. The number of aliphatic hydroxyl groups is 1. The lowest BCUT2D eigenvalue weighted by atomic mass is 9.95. The molecule has 2 aromatic rings. The fourth-order valence-corrected chi connectivity index (χ4v) is 4.05. The van der Waals surface area contributed by atoms with E-state index < -0.39 is 5.91 Å². The quantitative estimate of drug-likeness (QED) is 0.534. The number of carbonyl (C=O) groups excluding carboxylic acids is 1. The molecule has 0 aromatic carbocycles. The van der Waals surface area contributed by atoms with E-state index in [1.807, 2.05) is 13.0 Å². The number of nitrogens with zero attached hydrogens (tertiary/aromatic N) is 3. The molecule has 0 saturated carbocycles. The molecule has 1 aliphatic heterocycles. The van der Waals surface area contributed by atoms with Gasteiger partial charge >= 0.3 is 0 Å². The van der Waals surface area contributed by atoms with Gasteiger partial charge in [-0.05, 0) is 50.0 Å². The van der Waals surface area contributed by atoms with Crippen LogP contribution in [0.1, 0.15) is 29.0 Å². The first kappa shape index (κ1) is 22.5. The smallest absolute Gasteiger partial charge is 0.277 e. The lowest BCUT2D eigenvalue weighted by Crippen LogP contribution is -2.40. The summed E-state index contributed by atoms with van der Waals surface area (Å²) in [7, 11) is 1.76. The van der Waals surface area contributed by atoms with Gasteiger partial charge in [0.05, 0.1) is 17.1 Å². The number of pyridine rings is 1. The van der Waals surface area contributed by atoms with Crippen molar-refractivity contribution in [3.05, 3.63) is 71.3 Å². The van der Waals surface area contributed by atoms with Crippen LogP contribution in [0.15, 0.2) is 64.3 Å². The van der Waals surface area contributed by atoms with Gasteiger partial charge in [-0.3, -0.25) is 9.78 Å². The lowest BCUT2D eigenvalue weighted by Gasteiger charge is -2.37. The van der Waals surface area contributed by atoms with Crippen LogP contribution in [-0.2, 0) is 0 Å². The number of allylic oxidation sites excluding steroid dienone is 3. The molecule has 2 aliphatic rings. The standard InChI is InChI=1S/C24H28N6O3/c1-15-8-17(5-6-27-15)24-29-21(14-33-24)23(32)28-20-9-18(11-26-2)19(25)10-22(20)30-7-3-4-16(12-30)13-31/h5-6,8-11,14,16,25-26,31H,3-4,7,12-13H2,1-2H3,(H,28,32)/b18-11-,25-19?. The molecule has 9 heteroatoms. The predicted octanol–water partition coefficient (Wildman–Crippen LogP) is 2.38. The minimum Gasteiger partial charge on any atom is -0.444 e. The highest BCUT2D eigenvalue weighted by molar-refractivity contribution is 6.10. The van der Waals surface area contributed by atoms with Crippen molar-refractivity contribution in [2.24, 2.45) is 5.92 Å². The van der Waals surface area contributed by atoms with Crippen LogP contribution in [0.3, 0.4) is 0 Å². The number of likely N-dealkylation sites (tertiary alicyclic amines) is 1. The second-order valence-electron chi connectivity index (χ2n) is 8.20. The number of oxazole rings is 1. The fourth-order valence-electron chi connectivity index (χ4n) is 4.05. The number of piperidine rings is 1. The number of amides is 1. The Morgan fingerprint density at radius 1 is 1.42 bits per heavy atom. The van der Waals surface area contributed by atoms with Crippen molar-refractivity contribution >= 4 is 11.6 Å². The maximum atomic E-state index is 13.1. The van der Waals surface area contributed by atoms with Gasteiger partial charge in [0, 0.05) is 56.0 Å². The van der Waals surface area contributed by atoms with Crippen LogP contribution in [-0.4, -0.2) is 58.3 Å². The Hall–Kier alpha value is -3.72. The van der Waals surface area contributed by atoms with Crippen LogP contribution in [0.5, 0.6) is 0 Å². The van der Waals surface area contributed by atoms with E-state index in [4.69, 9.17) is 9.83 Å². The number of aromatic nitrogens is 2. The van der Waals surface area contributed by atoms with Gasteiger partial charge in [-0.15, -0.1) is 0 Å². The topological polar surface area (TPSA) is 127 Å². The van der Waals surface area contributed by atoms with E-state index in [1.165, 1.54) is 6.26 Å². The van der Waals surface area contributed by atoms with E-state index in [-0.39, 0.29) is 18.2 Å². The molecular weight excluding hydrogens is 420 g/mol. The summed E-state index contributed by atoms with van der Waals surface area (Å²) in [5.74, 6) is 0.112. The first-order valence-electron chi connectivity index (χ1n) is 10.9. The largest absolute Gasteiger partial charge is 0.444 e. The Labute approximate surface area is 192 Å². The molecule has 9 nitrogen and oxygen atoms in total. The molecule has 0 bridgehead atoms.